The van der Waals surface area contributed by atoms with E-state index in [-0.39, 0.29) is 29.5 Å². The first-order chi connectivity index (χ1) is 19.1. The number of carbonyl (C=O) groups is 1. The minimum absolute atomic E-state index is 0.0212. The van der Waals surface area contributed by atoms with E-state index in [9.17, 15) is 13.2 Å². The largest absolute Gasteiger partial charge is 0.493 e. The van der Waals surface area contributed by atoms with Gasteiger partial charge in [0.2, 0.25) is 15.9 Å². The third-order valence-electron chi connectivity index (χ3n) is 7.91. The van der Waals surface area contributed by atoms with E-state index < -0.39 is 15.7 Å². The number of nitrogens with zero attached hydrogens (tertiary/aromatic N) is 3. The van der Waals surface area contributed by atoms with E-state index in [0.29, 0.717) is 11.3 Å². The zero-order chi connectivity index (χ0) is 28.9. The number of carbonyl (C=O) groups excluding carboxylic acids is 1. The summed E-state index contributed by atoms with van der Waals surface area (Å²) in [6, 6.07) is 22.4. The first-order valence-corrected chi connectivity index (χ1v) is 14.9. The fourth-order valence-corrected chi connectivity index (χ4v) is 6.77. The van der Waals surface area contributed by atoms with Crippen LogP contribution in [0.4, 0.5) is 0 Å². The third kappa shape index (κ3) is 5.87. The molecule has 40 heavy (non-hydrogen) atoms. The van der Waals surface area contributed by atoms with Gasteiger partial charge in [-0.1, -0.05) is 60.7 Å². The van der Waals surface area contributed by atoms with Crippen LogP contribution < -0.4 is 9.47 Å². The van der Waals surface area contributed by atoms with Gasteiger partial charge in [-0.2, -0.15) is 4.31 Å². The Morgan fingerprint density at radius 1 is 0.900 bits per heavy atom. The summed E-state index contributed by atoms with van der Waals surface area (Å²) in [5.74, 6) is 0.445. The van der Waals surface area contributed by atoms with Gasteiger partial charge >= 0.3 is 0 Å². The number of likely N-dealkylation sites (tertiary alicyclic amines) is 1. The Hall–Kier alpha value is -3.40. The Balaban J connectivity index is 1.72. The summed E-state index contributed by atoms with van der Waals surface area (Å²) in [6.07, 6.45) is 2.01. The third-order valence-corrected chi connectivity index (χ3v) is 9.80. The van der Waals surface area contributed by atoms with Gasteiger partial charge in [-0.15, -0.1) is 0 Å². The van der Waals surface area contributed by atoms with Crippen molar-refractivity contribution in [2.45, 2.75) is 43.3 Å². The SMILES string of the molecule is COc1cc(CC(=O)N(C)[C@@](C)(c2ccccc2)N2CCCC2)c(S(=O)(=O)N(C)Cc2ccccc2)cc1OC. The van der Waals surface area contributed by atoms with E-state index in [1.807, 2.05) is 60.7 Å². The first-order valence-electron chi connectivity index (χ1n) is 13.4. The van der Waals surface area contributed by atoms with E-state index in [2.05, 4.69) is 11.8 Å². The molecule has 1 aliphatic heterocycles. The van der Waals surface area contributed by atoms with E-state index in [4.69, 9.17) is 9.47 Å². The molecule has 0 radical (unpaired) electrons. The quantitative estimate of drug-likeness (QED) is 0.341. The molecule has 0 spiro atoms. The molecule has 0 N–H and O–H groups in total. The Labute approximate surface area is 238 Å². The maximum atomic E-state index is 14.0. The number of methoxy groups -OCH3 is 2. The molecule has 9 heteroatoms. The smallest absolute Gasteiger partial charge is 0.243 e. The van der Waals surface area contributed by atoms with Gasteiger partial charge in [0, 0.05) is 39.8 Å². The molecule has 0 aromatic heterocycles. The Morgan fingerprint density at radius 2 is 1.45 bits per heavy atom. The molecule has 214 valence electrons. The van der Waals surface area contributed by atoms with Crippen molar-refractivity contribution >= 4 is 15.9 Å². The maximum Gasteiger partial charge on any atom is 0.243 e. The predicted octanol–water partition coefficient (Wildman–Crippen LogP) is 4.49. The molecule has 1 amide bonds. The molecule has 3 aromatic rings. The lowest BCUT2D eigenvalue weighted by atomic mass is 9.97. The van der Waals surface area contributed by atoms with E-state index in [1.54, 1.807) is 18.0 Å². The lowest BCUT2D eigenvalue weighted by Gasteiger charge is -2.46. The Kier molecular flexibility index (Phi) is 9.18. The van der Waals surface area contributed by atoms with Gasteiger partial charge in [0.05, 0.1) is 25.5 Å². The van der Waals surface area contributed by atoms with Gasteiger partial charge in [-0.3, -0.25) is 9.69 Å². The van der Waals surface area contributed by atoms with Crippen LogP contribution in [0.25, 0.3) is 0 Å². The van der Waals surface area contributed by atoms with Crippen molar-refractivity contribution in [1.29, 1.82) is 0 Å². The van der Waals surface area contributed by atoms with Crippen molar-refractivity contribution in [1.82, 2.24) is 14.1 Å². The van der Waals surface area contributed by atoms with Crippen molar-refractivity contribution < 1.29 is 22.7 Å². The van der Waals surface area contributed by atoms with Crippen molar-refractivity contribution in [2.75, 3.05) is 41.4 Å². The second-order valence-electron chi connectivity index (χ2n) is 10.3. The normalized spacial score (nSPS) is 15.6. The molecule has 1 saturated heterocycles. The highest BCUT2D eigenvalue weighted by Gasteiger charge is 2.41. The fraction of sp³-hybridized carbons (Fsp3) is 0.387. The van der Waals surface area contributed by atoms with Crippen LogP contribution in [0.3, 0.4) is 0 Å². The Bertz CT molecular complexity index is 1410. The fourth-order valence-electron chi connectivity index (χ4n) is 5.39. The highest BCUT2D eigenvalue weighted by molar-refractivity contribution is 7.89. The Morgan fingerprint density at radius 3 is 2.02 bits per heavy atom. The van der Waals surface area contributed by atoms with Gasteiger partial charge in [0.1, 0.15) is 5.66 Å². The lowest BCUT2D eigenvalue weighted by molar-refractivity contribution is -0.143. The van der Waals surface area contributed by atoms with E-state index >= 15 is 0 Å². The predicted molar refractivity (Wildman–Crippen MR) is 156 cm³/mol. The molecule has 0 aliphatic carbocycles. The van der Waals surface area contributed by atoms with Gasteiger partial charge in [-0.05, 0) is 42.5 Å². The topological polar surface area (TPSA) is 79.4 Å². The maximum absolute atomic E-state index is 14.0. The minimum atomic E-state index is -3.98. The van der Waals surface area contributed by atoms with Crippen LogP contribution in [-0.2, 0) is 33.4 Å². The summed E-state index contributed by atoms with van der Waals surface area (Å²) in [5.41, 5.74) is 1.53. The molecule has 1 heterocycles. The van der Waals surface area contributed by atoms with Crippen molar-refractivity contribution in [3.63, 3.8) is 0 Å². The molecule has 1 fully saturated rings. The molecule has 0 bridgehead atoms. The molecular formula is C31H39N3O5S. The second kappa shape index (κ2) is 12.4. The molecule has 1 atom stereocenters. The summed E-state index contributed by atoms with van der Waals surface area (Å²) >= 11 is 0. The number of hydrogen-bond donors (Lipinski definition) is 0. The number of rotatable bonds is 11. The summed E-state index contributed by atoms with van der Waals surface area (Å²) in [7, 11) is 2.30. The van der Waals surface area contributed by atoms with Crippen LogP contribution in [0.15, 0.2) is 77.7 Å². The van der Waals surface area contributed by atoms with Gasteiger partial charge in [0.15, 0.2) is 11.5 Å². The summed E-state index contributed by atoms with van der Waals surface area (Å²) in [6.45, 7) is 4.00. The van der Waals surface area contributed by atoms with Crippen LogP contribution in [0, 0.1) is 0 Å². The summed E-state index contributed by atoms with van der Waals surface area (Å²) in [5, 5.41) is 0. The monoisotopic (exact) mass is 565 g/mol. The second-order valence-corrected chi connectivity index (χ2v) is 12.3. The average Bonchev–Trinajstić information content (AvgIpc) is 3.52. The lowest BCUT2D eigenvalue weighted by Crippen LogP contribution is -2.56. The number of benzene rings is 3. The average molecular weight is 566 g/mol. The highest BCUT2D eigenvalue weighted by Crippen LogP contribution is 2.37. The molecular weight excluding hydrogens is 526 g/mol. The van der Waals surface area contributed by atoms with Gasteiger partial charge in [-0.25, -0.2) is 8.42 Å². The number of sulfonamides is 1. The summed E-state index contributed by atoms with van der Waals surface area (Å²) < 4.78 is 40.0. The standard InChI is InChI=1S/C31H39N3O5S/c1-31(34-18-12-13-19-34,26-16-10-7-11-17-26)33(3)30(35)21-25-20-27(38-4)28(39-5)22-29(25)40(36,37)32(2)23-24-14-8-6-9-15-24/h6-11,14-17,20,22H,12-13,18-19,21,23H2,1-5H3/t31-/m1/s1. The van der Waals surface area contributed by atoms with Crippen molar-refractivity contribution in [3.8, 4) is 11.5 Å². The van der Waals surface area contributed by atoms with Crippen molar-refractivity contribution in [2.24, 2.45) is 0 Å². The molecule has 4 rings (SSSR count). The number of hydrogen-bond acceptors (Lipinski definition) is 6. The van der Waals surface area contributed by atoms with Crippen LogP contribution in [0.5, 0.6) is 11.5 Å². The van der Waals surface area contributed by atoms with Crippen LogP contribution in [-0.4, -0.2) is 69.8 Å². The van der Waals surface area contributed by atoms with E-state index in [1.165, 1.54) is 31.6 Å². The highest BCUT2D eigenvalue weighted by atomic mass is 32.2. The zero-order valence-corrected chi connectivity index (χ0v) is 24.8. The van der Waals surface area contributed by atoms with Crippen LogP contribution >= 0.6 is 0 Å². The van der Waals surface area contributed by atoms with Crippen molar-refractivity contribution in [3.05, 3.63) is 89.5 Å². The first kappa shape index (κ1) is 29.6. The van der Waals surface area contributed by atoms with Gasteiger partial charge < -0.3 is 14.4 Å². The molecule has 8 nitrogen and oxygen atoms in total. The molecule has 3 aromatic carbocycles. The van der Waals surface area contributed by atoms with Crippen LogP contribution in [0.1, 0.15) is 36.5 Å². The minimum Gasteiger partial charge on any atom is -0.493 e. The molecule has 0 unspecified atom stereocenters. The summed E-state index contributed by atoms with van der Waals surface area (Å²) in [4.78, 5) is 18.1. The van der Waals surface area contributed by atoms with E-state index in [0.717, 1.165) is 37.1 Å². The zero-order valence-electron chi connectivity index (χ0n) is 24.0. The molecule has 0 saturated carbocycles. The molecule has 1 aliphatic rings. The number of likely N-dealkylation sites (N-methyl/N-ethyl adjacent to an activating group) is 1. The van der Waals surface area contributed by atoms with Gasteiger partial charge in [0.25, 0.3) is 0 Å². The number of ether oxygens (including phenoxy) is 2. The number of amides is 1. The van der Waals surface area contributed by atoms with Crippen LogP contribution in [0.2, 0.25) is 0 Å².